The molecule has 0 spiro atoms. The Hall–Kier alpha value is -0.940. The lowest BCUT2D eigenvalue weighted by Crippen LogP contribution is -2.57. The summed E-state index contributed by atoms with van der Waals surface area (Å²) in [5.74, 6) is -0.220. The summed E-state index contributed by atoms with van der Waals surface area (Å²) in [6, 6.07) is -0.150. The van der Waals surface area contributed by atoms with Gasteiger partial charge in [-0.05, 0) is 40.5 Å². The van der Waals surface area contributed by atoms with Crippen molar-refractivity contribution in [1.82, 2.24) is 10.2 Å². The van der Waals surface area contributed by atoms with Gasteiger partial charge in [0.2, 0.25) is 11.8 Å². The Labute approximate surface area is 114 Å². The molecule has 2 saturated heterocycles. The van der Waals surface area contributed by atoms with Gasteiger partial charge in [-0.1, -0.05) is 0 Å². The summed E-state index contributed by atoms with van der Waals surface area (Å²) < 4.78 is 6.02. The fourth-order valence-electron chi connectivity index (χ4n) is 3.14. The summed E-state index contributed by atoms with van der Waals surface area (Å²) >= 11 is 0. The molecule has 2 aliphatic heterocycles. The Morgan fingerprint density at radius 2 is 1.89 bits per heavy atom. The van der Waals surface area contributed by atoms with Crippen LogP contribution in [-0.4, -0.2) is 47.0 Å². The maximum atomic E-state index is 12.1. The minimum absolute atomic E-state index is 0.0923. The largest absolute Gasteiger partial charge is 0.368 e. The SMILES string of the molecule is CN1C(=O)CCC(NC2CC(C)(C)OC2(C)C)C1=O. The van der Waals surface area contributed by atoms with E-state index in [0.29, 0.717) is 12.8 Å². The number of carbonyl (C=O) groups excluding carboxylic acids is 2. The van der Waals surface area contributed by atoms with E-state index in [1.165, 1.54) is 4.90 Å². The molecule has 5 nitrogen and oxygen atoms in total. The molecule has 0 saturated carbocycles. The molecular formula is C14H24N2O3. The zero-order valence-electron chi connectivity index (χ0n) is 12.4. The first kappa shape index (κ1) is 14.5. The number of hydrogen-bond donors (Lipinski definition) is 1. The van der Waals surface area contributed by atoms with Crippen LogP contribution in [0.2, 0.25) is 0 Å². The van der Waals surface area contributed by atoms with Crippen molar-refractivity contribution >= 4 is 11.8 Å². The second kappa shape index (κ2) is 4.56. The normalized spacial score (nSPS) is 33.8. The Morgan fingerprint density at radius 3 is 2.42 bits per heavy atom. The number of hydrogen-bond acceptors (Lipinski definition) is 4. The average Bonchev–Trinajstić information content (AvgIpc) is 2.47. The number of likely N-dealkylation sites (tertiary alicyclic amines) is 1. The minimum Gasteiger partial charge on any atom is -0.368 e. The predicted octanol–water partition coefficient (Wildman–Crippen LogP) is 1.07. The van der Waals surface area contributed by atoms with Crippen molar-refractivity contribution in [3.05, 3.63) is 0 Å². The topological polar surface area (TPSA) is 58.6 Å². The molecule has 0 aromatic heterocycles. The lowest BCUT2D eigenvalue weighted by molar-refractivity contribution is -0.148. The van der Waals surface area contributed by atoms with Gasteiger partial charge in [0.25, 0.3) is 0 Å². The molecule has 0 radical (unpaired) electrons. The minimum atomic E-state index is -0.302. The quantitative estimate of drug-likeness (QED) is 0.761. The molecule has 0 aromatic carbocycles. The summed E-state index contributed by atoms with van der Waals surface area (Å²) in [6.45, 7) is 8.21. The molecule has 1 N–H and O–H groups in total. The molecule has 2 amide bonds. The van der Waals surface area contributed by atoms with Crippen LogP contribution in [0.3, 0.4) is 0 Å². The van der Waals surface area contributed by atoms with E-state index in [9.17, 15) is 9.59 Å². The van der Waals surface area contributed by atoms with E-state index >= 15 is 0 Å². The Kier molecular flexibility index (Phi) is 3.47. The van der Waals surface area contributed by atoms with Crippen molar-refractivity contribution in [2.24, 2.45) is 0 Å². The van der Waals surface area contributed by atoms with Gasteiger partial charge in [-0.15, -0.1) is 0 Å². The highest BCUT2D eigenvalue weighted by molar-refractivity contribution is 6.00. The summed E-state index contributed by atoms with van der Waals surface area (Å²) in [4.78, 5) is 24.8. The van der Waals surface area contributed by atoms with Crippen LogP contribution in [0.15, 0.2) is 0 Å². The third-order valence-electron chi connectivity index (χ3n) is 4.13. The number of piperidine rings is 1. The summed E-state index contributed by atoms with van der Waals surface area (Å²) in [5, 5.41) is 3.40. The van der Waals surface area contributed by atoms with Crippen LogP contribution in [0.25, 0.3) is 0 Å². The first-order valence-electron chi connectivity index (χ1n) is 6.89. The summed E-state index contributed by atoms with van der Waals surface area (Å²) in [5.41, 5.74) is -0.482. The molecule has 2 atom stereocenters. The van der Waals surface area contributed by atoms with Crippen molar-refractivity contribution in [2.75, 3.05) is 7.05 Å². The van der Waals surface area contributed by atoms with Crippen LogP contribution in [0.1, 0.15) is 47.0 Å². The maximum absolute atomic E-state index is 12.1. The molecule has 2 heterocycles. The lowest BCUT2D eigenvalue weighted by atomic mass is 9.92. The van der Waals surface area contributed by atoms with E-state index in [2.05, 4.69) is 19.2 Å². The highest BCUT2D eigenvalue weighted by Gasteiger charge is 2.47. The third kappa shape index (κ3) is 2.82. The number of rotatable bonds is 2. The molecule has 0 bridgehead atoms. The molecule has 2 aliphatic rings. The molecule has 19 heavy (non-hydrogen) atoms. The van der Waals surface area contributed by atoms with Gasteiger partial charge in [0.1, 0.15) is 0 Å². The van der Waals surface area contributed by atoms with Gasteiger partial charge in [-0.3, -0.25) is 14.5 Å². The first-order valence-corrected chi connectivity index (χ1v) is 6.89. The van der Waals surface area contributed by atoms with Gasteiger partial charge in [-0.25, -0.2) is 0 Å². The molecule has 0 aromatic rings. The highest BCUT2D eigenvalue weighted by atomic mass is 16.5. The van der Waals surface area contributed by atoms with E-state index in [1.54, 1.807) is 7.05 Å². The zero-order valence-corrected chi connectivity index (χ0v) is 12.4. The Morgan fingerprint density at radius 1 is 1.26 bits per heavy atom. The first-order chi connectivity index (χ1) is 8.62. The molecule has 108 valence electrons. The van der Waals surface area contributed by atoms with E-state index in [0.717, 1.165) is 6.42 Å². The van der Waals surface area contributed by atoms with Crippen molar-refractivity contribution < 1.29 is 14.3 Å². The highest BCUT2D eigenvalue weighted by Crippen LogP contribution is 2.37. The summed E-state index contributed by atoms with van der Waals surface area (Å²) in [6.07, 6.45) is 1.87. The number of carbonyl (C=O) groups is 2. The van der Waals surface area contributed by atoms with Gasteiger partial charge >= 0.3 is 0 Å². The van der Waals surface area contributed by atoms with Crippen LogP contribution in [0, 0.1) is 0 Å². The van der Waals surface area contributed by atoms with Gasteiger partial charge in [-0.2, -0.15) is 0 Å². The summed E-state index contributed by atoms with van der Waals surface area (Å²) in [7, 11) is 1.55. The van der Waals surface area contributed by atoms with Crippen LogP contribution < -0.4 is 5.32 Å². The van der Waals surface area contributed by atoms with Crippen molar-refractivity contribution in [3.8, 4) is 0 Å². The molecule has 2 fully saturated rings. The maximum Gasteiger partial charge on any atom is 0.246 e. The zero-order chi connectivity index (χ0) is 14.4. The second-order valence-electron chi connectivity index (χ2n) is 6.77. The lowest BCUT2D eigenvalue weighted by Gasteiger charge is -2.34. The molecule has 0 aliphatic carbocycles. The van der Waals surface area contributed by atoms with E-state index in [4.69, 9.17) is 4.74 Å². The van der Waals surface area contributed by atoms with E-state index in [-0.39, 0.29) is 35.1 Å². The number of nitrogens with one attached hydrogen (secondary N) is 1. The molecule has 2 rings (SSSR count). The van der Waals surface area contributed by atoms with Gasteiger partial charge in [0.05, 0.1) is 17.2 Å². The fourth-order valence-corrected chi connectivity index (χ4v) is 3.14. The average molecular weight is 268 g/mol. The van der Waals surface area contributed by atoms with Crippen molar-refractivity contribution in [2.45, 2.75) is 70.2 Å². The van der Waals surface area contributed by atoms with Gasteiger partial charge in [0.15, 0.2) is 0 Å². The van der Waals surface area contributed by atoms with Crippen LogP contribution in [-0.2, 0) is 14.3 Å². The number of likely N-dealkylation sites (N-methyl/N-ethyl adjacent to an activating group) is 1. The van der Waals surface area contributed by atoms with Gasteiger partial charge in [0, 0.05) is 19.5 Å². The Balaban J connectivity index is 2.06. The van der Waals surface area contributed by atoms with E-state index < -0.39 is 0 Å². The smallest absolute Gasteiger partial charge is 0.246 e. The molecule has 2 unspecified atom stereocenters. The number of ether oxygens (including phenoxy) is 1. The number of amides is 2. The van der Waals surface area contributed by atoms with Crippen LogP contribution >= 0.6 is 0 Å². The fraction of sp³-hybridized carbons (Fsp3) is 0.857. The van der Waals surface area contributed by atoms with Gasteiger partial charge < -0.3 is 10.1 Å². The van der Waals surface area contributed by atoms with Crippen molar-refractivity contribution in [1.29, 1.82) is 0 Å². The predicted molar refractivity (Wildman–Crippen MR) is 71.6 cm³/mol. The molecular weight excluding hydrogens is 244 g/mol. The standard InChI is InChI=1S/C14H24N2O3/c1-13(2)8-10(14(3,4)19-13)15-9-6-7-11(17)16(5)12(9)18/h9-10,15H,6-8H2,1-5H3. The monoisotopic (exact) mass is 268 g/mol. The molecule has 5 heteroatoms. The van der Waals surface area contributed by atoms with Crippen LogP contribution in [0.5, 0.6) is 0 Å². The Bertz CT molecular complexity index is 403. The number of nitrogens with zero attached hydrogens (tertiary/aromatic N) is 1. The van der Waals surface area contributed by atoms with Crippen molar-refractivity contribution in [3.63, 3.8) is 0 Å². The van der Waals surface area contributed by atoms with E-state index in [1.807, 2.05) is 13.8 Å². The third-order valence-corrected chi connectivity index (χ3v) is 4.13. The van der Waals surface area contributed by atoms with Crippen LogP contribution in [0.4, 0.5) is 0 Å². The number of imide groups is 1. The second-order valence-corrected chi connectivity index (χ2v) is 6.77.